The van der Waals surface area contributed by atoms with Crippen molar-refractivity contribution in [2.45, 2.75) is 24.3 Å². The fourth-order valence-corrected chi connectivity index (χ4v) is 5.19. The zero-order chi connectivity index (χ0) is 15.8. The molecular weight excluding hydrogens is 319 g/mol. The Bertz CT molecular complexity index is 672. The van der Waals surface area contributed by atoms with Crippen molar-refractivity contribution in [1.82, 2.24) is 4.31 Å². The van der Waals surface area contributed by atoms with Crippen molar-refractivity contribution >= 4 is 27.5 Å². The highest BCUT2D eigenvalue weighted by Gasteiger charge is 2.33. The van der Waals surface area contributed by atoms with Crippen LogP contribution in [0.25, 0.3) is 0 Å². The van der Waals surface area contributed by atoms with Crippen LogP contribution in [-0.4, -0.2) is 42.2 Å². The maximum atomic E-state index is 13.5. The van der Waals surface area contributed by atoms with E-state index < -0.39 is 26.5 Å². The number of hydrogen-bond acceptors (Lipinski definition) is 5. The summed E-state index contributed by atoms with van der Waals surface area (Å²) >= 11 is 1.66. The van der Waals surface area contributed by atoms with Gasteiger partial charge in [-0.1, -0.05) is 0 Å². The lowest BCUT2D eigenvalue weighted by atomic mass is 10.2. The minimum atomic E-state index is -3.88. The number of sulfonamides is 1. The van der Waals surface area contributed by atoms with Gasteiger partial charge in [0, 0.05) is 24.9 Å². The second kappa shape index (κ2) is 5.90. The van der Waals surface area contributed by atoms with Crippen LogP contribution in [0.2, 0.25) is 0 Å². The van der Waals surface area contributed by atoms with Crippen molar-refractivity contribution < 1.29 is 17.7 Å². The predicted octanol–water partition coefficient (Wildman–Crippen LogP) is 2.17. The van der Waals surface area contributed by atoms with Gasteiger partial charge < -0.3 is 0 Å². The van der Waals surface area contributed by atoms with E-state index in [2.05, 4.69) is 0 Å². The Morgan fingerprint density at radius 2 is 2.14 bits per heavy atom. The topological polar surface area (TPSA) is 80.5 Å². The Morgan fingerprint density at radius 3 is 2.67 bits per heavy atom. The monoisotopic (exact) mass is 334 g/mol. The van der Waals surface area contributed by atoms with Crippen LogP contribution in [0.1, 0.15) is 12.0 Å². The number of aryl methyl sites for hydroxylation is 1. The number of benzene rings is 1. The fourth-order valence-electron chi connectivity index (χ4n) is 2.22. The lowest BCUT2D eigenvalue weighted by molar-refractivity contribution is -0.387. The molecule has 1 heterocycles. The molecule has 1 fully saturated rings. The van der Waals surface area contributed by atoms with Crippen molar-refractivity contribution in [2.75, 3.05) is 18.6 Å². The largest absolute Gasteiger partial charge is 0.306 e. The molecule has 2 rings (SSSR count). The second-order valence-corrected chi connectivity index (χ2v) is 7.98. The third kappa shape index (κ3) is 3.04. The second-order valence-electron chi connectivity index (χ2n) is 4.86. The molecule has 1 saturated heterocycles. The van der Waals surface area contributed by atoms with E-state index in [1.54, 1.807) is 11.8 Å². The SMILES string of the molecule is Cc1cc(F)c([N+](=O)[O-])cc1S(=O)(=O)N(C)C1CCSC1. The van der Waals surface area contributed by atoms with E-state index in [-0.39, 0.29) is 16.5 Å². The molecule has 0 aliphatic carbocycles. The van der Waals surface area contributed by atoms with Crippen molar-refractivity contribution in [3.8, 4) is 0 Å². The van der Waals surface area contributed by atoms with Crippen molar-refractivity contribution in [3.05, 3.63) is 33.6 Å². The maximum absolute atomic E-state index is 13.5. The summed E-state index contributed by atoms with van der Waals surface area (Å²) in [6.45, 7) is 1.43. The Morgan fingerprint density at radius 1 is 1.48 bits per heavy atom. The molecule has 1 aromatic carbocycles. The van der Waals surface area contributed by atoms with Gasteiger partial charge in [0.2, 0.25) is 15.8 Å². The van der Waals surface area contributed by atoms with Crippen LogP contribution >= 0.6 is 11.8 Å². The molecule has 21 heavy (non-hydrogen) atoms. The van der Waals surface area contributed by atoms with Crippen molar-refractivity contribution in [2.24, 2.45) is 0 Å². The van der Waals surface area contributed by atoms with Gasteiger partial charge >= 0.3 is 5.69 Å². The van der Waals surface area contributed by atoms with Gasteiger partial charge in [0.1, 0.15) is 0 Å². The standard InChI is InChI=1S/C12H15FN2O4S2/c1-8-5-10(13)11(15(16)17)6-12(8)21(18,19)14(2)9-3-4-20-7-9/h5-6,9H,3-4,7H2,1-2H3. The maximum Gasteiger partial charge on any atom is 0.306 e. The fraction of sp³-hybridized carbons (Fsp3) is 0.500. The highest BCUT2D eigenvalue weighted by Crippen LogP contribution is 2.30. The predicted molar refractivity (Wildman–Crippen MR) is 78.5 cm³/mol. The number of halogens is 1. The Hall–Kier alpha value is -1.19. The third-order valence-electron chi connectivity index (χ3n) is 3.52. The normalized spacial score (nSPS) is 19.1. The van der Waals surface area contributed by atoms with E-state index in [9.17, 15) is 22.9 Å². The highest BCUT2D eigenvalue weighted by atomic mass is 32.2. The first-order valence-corrected chi connectivity index (χ1v) is 8.85. The van der Waals surface area contributed by atoms with E-state index in [0.717, 1.165) is 24.3 Å². The molecule has 0 bridgehead atoms. The molecule has 0 saturated carbocycles. The molecule has 9 heteroatoms. The van der Waals surface area contributed by atoms with E-state index in [1.165, 1.54) is 18.3 Å². The number of thioether (sulfide) groups is 1. The Balaban J connectivity index is 2.48. The van der Waals surface area contributed by atoms with Crippen molar-refractivity contribution in [1.29, 1.82) is 0 Å². The number of nitrogens with zero attached hydrogens (tertiary/aromatic N) is 2. The number of rotatable bonds is 4. The molecule has 1 aromatic rings. The van der Waals surface area contributed by atoms with E-state index >= 15 is 0 Å². The Kier molecular flexibility index (Phi) is 4.54. The zero-order valence-electron chi connectivity index (χ0n) is 11.6. The van der Waals surface area contributed by atoms with E-state index in [0.29, 0.717) is 5.75 Å². The van der Waals surface area contributed by atoms with Crippen LogP contribution in [0, 0.1) is 22.9 Å². The summed E-state index contributed by atoms with van der Waals surface area (Å²) in [6, 6.07) is 1.56. The van der Waals surface area contributed by atoms with Gasteiger partial charge in [0.05, 0.1) is 9.82 Å². The molecule has 1 unspecified atom stereocenters. The summed E-state index contributed by atoms with van der Waals surface area (Å²) in [5.74, 6) is 0.543. The quantitative estimate of drug-likeness (QED) is 0.623. The molecule has 0 N–H and O–H groups in total. The van der Waals surface area contributed by atoms with Crippen molar-refractivity contribution in [3.63, 3.8) is 0 Å². The molecule has 6 nitrogen and oxygen atoms in total. The lowest BCUT2D eigenvalue weighted by Crippen LogP contribution is -2.37. The summed E-state index contributed by atoms with van der Waals surface area (Å²) in [5, 5.41) is 10.8. The molecular formula is C12H15FN2O4S2. The van der Waals surface area contributed by atoms with Gasteiger partial charge in [-0.05, 0) is 30.7 Å². The third-order valence-corrected chi connectivity index (χ3v) is 6.71. The molecule has 1 atom stereocenters. The van der Waals surface area contributed by atoms with Gasteiger partial charge in [0.15, 0.2) is 0 Å². The minimum absolute atomic E-state index is 0.136. The summed E-state index contributed by atoms with van der Waals surface area (Å²) in [7, 11) is -2.42. The van der Waals surface area contributed by atoms with Gasteiger partial charge in [0.25, 0.3) is 0 Å². The van der Waals surface area contributed by atoms with Gasteiger partial charge in [-0.2, -0.15) is 20.5 Å². The van der Waals surface area contributed by atoms with Crippen LogP contribution in [-0.2, 0) is 10.0 Å². The van der Waals surface area contributed by atoms with Crippen LogP contribution in [0.4, 0.5) is 10.1 Å². The van der Waals surface area contributed by atoms with Crippen LogP contribution < -0.4 is 0 Å². The number of nitro groups is 1. The Labute approximate surface area is 126 Å². The van der Waals surface area contributed by atoms with Crippen LogP contribution in [0.5, 0.6) is 0 Å². The molecule has 0 amide bonds. The molecule has 116 valence electrons. The molecule has 0 aromatic heterocycles. The van der Waals surface area contributed by atoms with Crippen LogP contribution in [0.3, 0.4) is 0 Å². The highest BCUT2D eigenvalue weighted by molar-refractivity contribution is 7.99. The van der Waals surface area contributed by atoms with Gasteiger partial charge in [-0.3, -0.25) is 10.1 Å². The average Bonchev–Trinajstić information content (AvgIpc) is 2.90. The van der Waals surface area contributed by atoms with E-state index in [4.69, 9.17) is 0 Å². The smallest absolute Gasteiger partial charge is 0.258 e. The summed E-state index contributed by atoms with van der Waals surface area (Å²) in [4.78, 5) is 9.66. The summed E-state index contributed by atoms with van der Waals surface area (Å²) < 4.78 is 39.9. The molecule has 1 aliphatic heterocycles. The minimum Gasteiger partial charge on any atom is -0.258 e. The number of nitro benzene ring substituents is 1. The van der Waals surface area contributed by atoms with Gasteiger partial charge in [-0.15, -0.1) is 0 Å². The number of hydrogen-bond donors (Lipinski definition) is 0. The van der Waals surface area contributed by atoms with E-state index in [1.807, 2.05) is 0 Å². The first-order valence-electron chi connectivity index (χ1n) is 6.25. The van der Waals surface area contributed by atoms with Crippen LogP contribution in [0.15, 0.2) is 17.0 Å². The zero-order valence-corrected chi connectivity index (χ0v) is 13.2. The molecule has 0 spiro atoms. The van der Waals surface area contributed by atoms with Gasteiger partial charge in [-0.25, -0.2) is 8.42 Å². The summed E-state index contributed by atoms with van der Waals surface area (Å²) in [6.07, 6.45) is 0.739. The average molecular weight is 334 g/mol. The first-order chi connectivity index (χ1) is 9.75. The summed E-state index contributed by atoms with van der Waals surface area (Å²) in [5.41, 5.74) is -0.663. The molecule has 0 radical (unpaired) electrons. The first kappa shape index (κ1) is 16.2. The lowest BCUT2D eigenvalue weighted by Gasteiger charge is -2.23. The molecule has 1 aliphatic rings.